The molecule has 7 heteroatoms. The predicted molar refractivity (Wildman–Crippen MR) is 89.1 cm³/mol. The third-order valence-corrected chi connectivity index (χ3v) is 5.63. The summed E-state index contributed by atoms with van der Waals surface area (Å²) in [4.78, 5) is 16.6. The molecule has 23 heavy (non-hydrogen) atoms. The smallest absolute Gasteiger partial charge is 0.238 e. The van der Waals surface area contributed by atoms with Crippen LogP contribution in [0.15, 0.2) is 29.2 Å². The minimum absolute atomic E-state index is 0.00662. The van der Waals surface area contributed by atoms with Crippen LogP contribution in [0.1, 0.15) is 25.3 Å². The number of sulfonamides is 1. The van der Waals surface area contributed by atoms with E-state index in [0.717, 1.165) is 19.4 Å². The van der Waals surface area contributed by atoms with Crippen LogP contribution in [-0.2, 0) is 21.4 Å². The highest BCUT2D eigenvalue weighted by atomic mass is 32.2. The zero-order valence-electron chi connectivity index (χ0n) is 13.9. The molecule has 1 amide bonds. The van der Waals surface area contributed by atoms with Crippen molar-refractivity contribution in [3.05, 3.63) is 29.8 Å². The molecule has 0 aliphatic carbocycles. The summed E-state index contributed by atoms with van der Waals surface area (Å²) in [6.07, 6.45) is 1.66. The Morgan fingerprint density at radius 2 is 2.04 bits per heavy atom. The van der Waals surface area contributed by atoms with Crippen LogP contribution in [-0.4, -0.2) is 50.8 Å². The standard InChI is InChI=1S/C16H25N3O3S/c1-12-10-13(8-9-18(12)2)16(20)19(3)11-14-6-4-5-7-15(14)23(17,21)22/h4-7,12-13H,8-11H2,1-3H3,(H2,17,21,22)/t12-,13-/m0/s1. The molecule has 128 valence electrons. The van der Waals surface area contributed by atoms with E-state index in [1.165, 1.54) is 6.07 Å². The lowest BCUT2D eigenvalue weighted by Gasteiger charge is -2.36. The van der Waals surface area contributed by atoms with E-state index in [-0.39, 0.29) is 23.3 Å². The molecule has 0 saturated carbocycles. The van der Waals surface area contributed by atoms with Gasteiger partial charge in [-0.15, -0.1) is 0 Å². The summed E-state index contributed by atoms with van der Waals surface area (Å²) in [7, 11) is -0.00993. The number of nitrogens with two attached hydrogens (primary N) is 1. The molecule has 1 aliphatic rings. The van der Waals surface area contributed by atoms with Crippen LogP contribution < -0.4 is 5.14 Å². The van der Waals surface area contributed by atoms with Crippen molar-refractivity contribution >= 4 is 15.9 Å². The number of amides is 1. The lowest BCUT2D eigenvalue weighted by Crippen LogP contribution is -2.43. The van der Waals surface area contributed by atoms with E-state index in [2.05, 4.69) is 18.9 Å². The number of nitrogens with zero attached hydrogens (tertiary/aromatic N) is 2. The Labute approximate surface area is 138 Å². The van der Waals surface area contributed by atoms with E-state index < -0.39 is 10.0 Å². The van der Waals surface area contributed by atoms with Gasteiger partial charge in [-0.3, -0.25) is 4.79 Å². The number of likely N-dealkylation sites (tertiary alicyclic amines) is 1. The fraction of sp³-hybridized carbons (Fsp3) is 0.562. The van der Waals surface area contributed by atoms with E-state index in [9.17, 15) is 13.2 Å². The molecule has 0 aromatic heterocycles. The zero-order chi connectivity index (χ0) is 17.2. The molecule has 0 spiro atoms. The van der Waals surface area contributed by atoms with Gasteiger partial charge in [-0.05, 0) is 45.0 Å². The molecule has 1 heterocycles. The summed E-state index contributed by atoms with van der Waals surface area (Å²) < 4.78 is 23.3. The second kappa shape index (κ2) is 6.98. The number of carbonyl (C=O) groups is 1. The Kier molecular flexibility index (Phi) is 5.44. The molecule has 0 bridgehead atoms. The molecule has 1 aromatic rings. The van der Waals surface area contributed by atoms with Crippen LogP contribution in [0.3, 0.4) is 0 Å². The number of rotatable bonds is 4. The van der Waals surface area contributed by atoms with Gasteiger partial charge in [-0.25, -0.2) is 13.6 Å². The largest absolute Gasteiger partial charge is 0.341 e. The maximum Gasteiger partial charge on any atom is 0.238 e. The molecule has 2 N–H and O–H groups in total. The fourth-order valence-electron chi connectivity index (χ4n) is 3.07. The SMILES string of the molecule is C[C@H]1C[C@@H](C(=O)N(C)Cc2ccccc2S(N)(=O)=O)CCN1C. The number of hydrogen-bond acceptors (Lipinski definition) is 4. The molecule has 1 aromatic carbocycles. The van der Waals surface area contributed by atoms with Gasteiger partial charge < -0.3 is 9.80 Å². The van der Waals surface area contributed by atoms with Gasteiger partial charge >= 0.3 is 0 Å². The first-order valence-electron chi connectivity index (χ1n) is 7.76. The summed E-state index contributed by atoms with van der Waals surface area (Å²) in [5.41, 5.74) is 0.548. The Bertz CT molecular complexity index is 675. The van der Waals surface area contributed by atoms with E-state index >= 15 is 0 Å². The summed E-state index contributed by atoms with van der Waals surface area (Å²) in [5, 5.41) is 5.25. The van der Waals surface area contributed by atoms with Crippen molar-refractivity contribution < 1.29 is 13.2 Å². The molecule has 2 rings (SSSR count). The van der Waals surface area contributed by atoms with Crippen LogP contribution in [0.5, 0.6) is 0 Å². The van der Waals surface area contributed by atoms with E-state index in [1.807, 2.05) is 0 Å². The molecule has 2 atom stereocenters. The molecule has 1 saturated heterocycles. The highest BCUT2D eigenvalue weighted by molar-refractivity contribution is 7.89. The molecule has 0 unspecified atom stereocenters. The second-order valence-corrected chi connectivity index (χ2v) is 7.93. The Morgan fingerprint density at radius 1 is 1.39 bits per heavy atom. The minimum Gasteiger partial charge on any atom is -0.341 e. The van der Waals surface area contributed by atoms with Crippen molar-refractivity contribution in [1.29, 1.82) is 0 Å². The Morgan fingerprint density at radius 3 is 2.65 bits per heavy atom. The average molecular weight is 339 g/mol. The van der Waals surface area contributed by atoms with E-state index in [0.29, 0.717) is 11.6 Å². The first-order chi connectivity index (χ1) is 10.7. The average Bonchev–Trinajstić information content (AvgIpc) is 2.48. The highest BCUT2D eigenvalue weighted by Gasteiger charge is 2.30. The van der Waals surface area contributed by atoms with E-state index in [1.54, 1.807) is 30.1 Å². The molecular weight excluding hydrogens is 314 g/mol. The van der Waals surface area contributed by atoms with Crippen LogP contribution in [0.4, 0.5) is 0 Å². The van der Waals surface area contributed by atoms with Crippen LogP contribution in [0, 0.1) is 5.92 Å². The molecule has 1 fully saturated rings. The first-order valence-corrected chi connectivity index (χ1v) is 9.30. The van der Waals surface area contributed by atoms with Gasteiger partial charge in [0, 0.05) is 25.6 Å². The van der Waals surface area contributed by atoms with Crippen molar-refractivity contribution in [3.8, 4) is 0 Å². The Hall–Kier alpha value is -1.44. The summed E-state index contributed by atoms with van der Waals surface area (Å²) >= 11 is 0. The molecule has 6 nitrogen and oxygen atoms in total. The first kappa shape index (κ1) is 17.9. The van der Waals surface area contributed by atoms with Gasteiger partial charge in [-0.2, -0.15) is 0 Å². The number of piperidine rings is 1. The van der Waals surface area contributed by atoms with E-state index in [4.69, 9.17) is 5.14 Å². The van der Waals surface area contributed by atoms with Gasteiger partial charge in [0.1, 0.15) is 0 Å². The lowest BCUT2D eigenvalue weighted by atomic mass is 9.91. The number of benzene rings is 1. The number of primary sulfonamides is 1. The minimum atomic E-state index is -3.79. The van der Waals surface area contributed by atoms with Crippen molar-refractivity contribution in [2.75, 3.05) is 20.6 Å². The normalized spacial score (nSPS) is 22.8. The van der Waals surface area contributed by atoms with Crippen LogP contribution >= 0.6 is 0 Å². The zero-order valence-corrected chi connectivity index (χ0v) is 14.7. The van der Waals surface area contributed by atoms with Gasteiger partial charge in [0.25, 0.3) is 0 Å². The van der Waals surface area contributed by atoms with Crippen molar-refractivity contribution in [3.63, 3.8) is 0 Å². The molecule has 1 aliphatic heterocycles. The fourth-order valence-corrected chi connectivity index (χ4v) is 3.84. The highest BCUT2D eigenvalue weighted by Crippen LogP contribution is 2.24. The Balaban J connectivity index is 2.11. The third kappa shape index (κ3) is 4.31. The maximum absolute atomic E-state index is 12.6. The predicted octanol–water partition coefficient (Wildman–Crippen LogP) is 1.02. The van der Waals surface area contributed by atoms with Crippen molar-refractivity contribution in [1.82, 2.24) is 9.80 Å². The van der Waals surface area contributed by atoms with Crippen molar-refractivity contribution in [2.45, 2.75) is 37.2 Å². The number of hydrogen-bond donors (Lipinski definition) is 1. The van der Waals surface area contributed by atoms with Gasteiger partial charge in [-0.1, -0.05) is 18.2 Å². The second-order valence-electron chi connectivity index (χ2n) is 6.40. The number of carbonyl (C=O) groups excluding carboxylic acids is 1. The van der Waals surface area contributed by atoms with Gasteiger partial charge in [0.15, 0.2) is 0 Å². The van der Waals surface area contributed by atoms with Crippen LogP contribution in [0.25, 0.3) is 0 Å². The third-order valence-electron chi connectivity index (χ3n) is 4.62. The maximum atomic E-state index is 12.6. The van der Waals surface area contributed by atoms with Gasteiger partial charge in [0.05, 0.1) is 4.90 Å². The quantitative estimate of drug-likeness (QED) is 0.888. The van der Waals surface area contributed by atoms with Crippen LogP contribution in [0.2, 0.25) is 0 Å². The molecular formula is C16H25N3O3S. The summed E-state index contributed by atoms with van der Waals surface area (Å²) in [6, 6.07) is 6.92. The molecule has 0 radical (unpaired) electrons. The monoisotopic (exact) mass is 339 g/mol. The lowest BCUT2D eigenvalue weighted by molar-refractivity contribution is -0.136. The van der Waals surface area contributed by atoms with Crippen molar-refractivity contribution in [2.24, 2.45) is 11.1 Å². The summed E-state index contributed by atoms with van der Waals surface area (Å²) in [5.74, 6) is 0.0574. The van der Waals surface area contributed by atoms with Gasteiger partial charge in [0.2, 0.25) is 15.9 Å². The summed E-state index contributed by atoms with van der Waals surface area (Å²) in [6.45, 7) is 3.26. The topological polar surface area (TPSA) is 83.7 Å².